The largest absolute Gasteiger partial charge is 0.0654 e. The van der Waals surface area contributed by atoms with Gasteiger partial charge in [0, 0.05) is 0 Å². The molecule has 0 nitrogen and oxygen atoms in total. The van der Waals surface area contributed by atoms with Gasteiger partial charge in [0.2, 0.25) is 0 Å². The first kappa shape index (κ1) is 17.1. The summed E-state index contributed by atoms with van der Waals surface area (Å²) in [7, 11) is 0. The predicted molar refractivity (Wildman–Crippen MR) is 112 cm³/mol. The van der Waals surface area contributed by atoms with Crippen molar-refractivity contribution in [3.8, 4) is 11.1 Å². The van der Waals surface area contributed by atoms with E-state index in [4.69, 9.17) is 0 Å². The van der Waals surface area contributed by atoms with Crippen molar-refractivity contribution in [2.45, 2.75) is 51.9 Å². The lowest BCUT2D eigenvalue weighted by Crippen LogP contribution is -2.05. The fourth-order valence-corrected chi connectivity index (χ4v) is 4.25. The summed E-state index contributed by atoms with van der Waals surface area (Å²) in [6.07, 6.45) is 5.98. The van der Waals surface area contributed by atoms with E-state index in [-0.39, 0.29) is 0 Å². The number of benzene rings is 3. The zero-order valence-corrected chi connectivity index (χ0v) is 16.0. The van der Waals surface area contributed by atoms with E-state index in [9.17, 15) is 0 Å². The molecule has 1 aliphatic rings. The fourth-order valence-electron chi connectivity index (χ4n) is 4.25. The average Bonchev–Trinajstić information content (AvgIpc) is 2.83. The molecule has 0 spiro atoms. The highest BCUT2D eigenvalue weighted by molar-refractivity contribution is 5.72. The van der Waals surface area contributed by atoms with Gasteiger partial charge in [0.05, 0.1) is 0 Å². The van der Waals surface area contributed by atoms with Crippen molar-refractivity contribution in [2.24, 2.45) is 0 Å². The lowest BCUT2D eigenvalue weighted by atomic mass is 9.88. The molecule has 0 heteroatoms. The third-order valence-corrected chi connectivity index (χ3v) is 5.78. The van der Waals surface area contributed by atoms with Crippen molar-refractivity contribution in [1.82, 2.24) is 0 Å². The Labute approximate surface area is 157 Å². The van der Waals surface area contributed by atoms with Crippen LogP contribution in [-0.2, 0) is 19.3 Å². The third-order valence-electron chi connectivity index (χ3n) is 5.78. The van der Waals surface area contributed by atoms with E-state index in [1.165, 1.54) is 58.2 Å². The standard InChI is InChI=1S/C26H28/c1-3-4-7-20-12-15-26-24(16-20)18-23(21-13-10-19(2)11-14-21)17-22-8-5-6-9-25(22)26/h5-6,8-16,23H,3-4,7,17-18H2,1-2H3. The lowest BCUT2D eigenvalue weighted by molar-refractivity contribution is 0.687. The Balaban J connectivity index is 1.78. The van der Waals surface area contributed by atoms with Gasteiger partial charge in [-0.2, -0.15) is 0 Å². The Bertz CT molecular complexity index is 886. The summed E-state index contributed by atoms with van der Waals surface area (Å²) in [4.78, 5) is 0. The maximum atomic E-state index is 2.48. The molecule has 1 atom stereocenters. The van der Waals surface area contributed by atoms with Gasteiger partial charge in [-0.1, -0.05) is 85.6 Å². The number of unbranched alkanes of at least 4 members (excludes halogenated alkanes) is 1. The van der Waals surface area contributed by atoms with E-state index in [0.29, 0.717) is 5.92 Å². The zero-order chi connectivity index (χ0) is 17.9. The van der Waals surface area contributed by atoms with E-state index < -0.39 is 0 Å². The molecule has 0 bridgehead atoms. The molecule has 0 saturated carbocycles. The molecule has 0 heterocycles. The van der Waals surface area contributed by atoms with Gasteiger partial charge in [-0.25, -0.2) is 0 Å². The van der Waals surface area contributed by atoms with E-state index in [1.807, 2.05) is 0 Å². The first-order valence-electron chi connectivity index (χ1n) is 10.0. The Morgan fingerprint density at radius 3 is 2.35 bits per heavy atom. The summed E-state index contributed by atoms with van der Waals surface area (Å²) in [5, 5.41) is 0. The molecule has 1 aliphatic carbocycles. The van der Waals surface area contributed by atoms with Crippen LogP contribution in [-0.4, -0.2) is 0 Å². The molecule has 0 fully saturated rings. The van der Waals surface area contributed by atoms with E-state index in [1.54, 1.807) is 0 Å². The smallest absolute Gasteiger partial charge is 0.00806 e. The molecule has 0 aromatic heterocycles. The first-order valence-corrected chi connectivity index (χ1v) is 10.0. The molecule has 0 aliphatic heterocycles. The van der Waals surface area contributed by atoms with Crippen LogP contribution in [0.5, 0.6) is 0 Å². The normalized spacial score (nSPS) is 15.8. The highest BCUT2D eigenvalue weighted by Crippen LogP contribution is 2.38. The highest BCUT2D eigenvalue weighted by atomic mass is 14.3. The molecule has 1 unspecified atom stereocenters. The number of hydrogen-bond acceptors (Lipinski definition) is 0. The van der Waals surface area contributed by atoms with Crippen molar-refractivity contribution in [2.75, 3.05) is 0 Å². The zero-order valence-electron chi connectivity index (χ0n) is 16.0. The Kier molecular flexibility index (Phi) is 4.93. The van der Waals surface area contributed by atoms with Crippen LogP contribution in [0.25, 0.3) is 11.1 Å². The second-order valence-corrected chi connectivity index (χ2v) is 7.77. The minimum Gasteiger partial charge on any atom is -0.0654 e. The Morgan fingerprint density at radius 2 is 1.54 bits per heavy atom. The van der Waals surface area contributed by atoms with Gasteiger partial charge in [-0.3, -0.25) is 0 Å². The Morgan fingerprint density at radius 1 is 0.808 bits per heavy atom. The van der Waals surface area contributed by atoms with Crippen LogP contribution in [0.2, 0.25) is 0 Å². The highest BCUT2D eigenvalue weighted by Gasteiger charge is 2.22. The molecule has 132 valence electrons. The molecule has 3 aromatic rings. The SMILES string of the molecule is CCCCc1ccc2c(c1)CC(c1ccc(C)cc1)Cc1ccccc1-2. The van der Waals surface area contributed by atoms with E-state index in [2.05, 4.69) is 80.6 Å². The molecule has 26 heavy (non-hydrogen) atoms. The minimum absolute atomic E-state index is 0.555. The quantitative estimate of drug-likeness (QED) is 0.485. The van der Waals surface area contributed by atoms with Crippen LogP contribution < -0.4 is 0 Å². The fraction of sp³-hybridized carbons (Fsp3) is 0.308. The summed E-state index contributed by atoms with van der Waals surface area (Å²) in [5.74, 6) is 0.555. The maximum absolute atomic E-state index is 2.48. The molecule has 0 N–H and O–H groups in total. The van der Waals surface area contributed by atoms with Crippen LogP contribution in [0.15, 0.2) is 66.7 Å². The molecule has 0 amide bonds. The van der Waals surface area contributed by atoms with Gasteiger partial charge in [-0.15, -0.1) is 0 Å². The minimum atomic E-state index is 0.555. The van der Waals surface area contributed by atoms with Gasteiger partial charge in [0.25, 0.3) is 0 Å². The van der Waals surface area contributed by atoms with Gasteiger partial charge in [0.1, 0.15) is 0 Å². The first-order chi connectivity index (χ1) is 12.7. The van der Waals surface area contributed by atoms with Crippen molar-refractivity contribution < 1.29 is 0 Å². The topological polar surface area (TPSA) is 0 Å². The monoisotopic (exact) mass is 340 g/mol. The van der Waals surface area contributed by atoms with Crippen LogP contribution >= 0.6 is 0 Å². The van der Waals surface area contributed by atoms with Crippen molar-refractivity contribution >= 4 is 0 Å². The van der Waals surface area contributed by atoms with Crippen molar-refractivity contribution in [1.29, 1.82) is 0 Å². The second kappa shape index (κ2) is 7.50. The second-order valence-electron chi connectivity index (χ2n) is 7.77. The molecule has 0 saturated heterocycles. The predicted octanol–water partition coefficient (Wildman–Crippen LogP) is 6.89. The number of rotatable bonds is 4. The van der Waals surface area contributed by atoms with Crippen molar-refractivity contribution in [3.05, 3.63) is 94.5 Å². The summed E-state index contributed by atoms with van der Waals surface area (Å²) in [5.41, 5.74) is 10.2. The molecular weight excluding hydrogens is 312 g/mol. The van der Waals surface area contributed by atoms with E-state index in [0.717, 1.165) is 12.8 Å². The summed E-state index contributed by atoms with van der Waals surface area (Å²) in [6, 6.07) is 25.3. The van der Waals surface area contributed by atoms with Gasteiger partial charge in [0.15, 0.2) is 0 Å². The summed E-state index contributed by atoms with van der Waals surface area (Å²) in [6.45, 7) is 4.44. The van der Waals surface area contributed by atoms with Crippen LogP contribution in [0.1, 0.15) is 53.5 Å². The summed E-state index contributed by atoms with van der Waals surface area (Å²) < 4.78 is 0. The van der Waals surface area contributed by atoms with Crippen molar-refractivity contribution in [3.63, 3.8) is 0 Å². The number of fused-ring (bicyclic) bond motifs is 3. The van der Waals surface area contributed by atoms with Crippen LogP contribution in [0.4, 0.5) is 0 Å². The summed E-state index contributed by atoms with van der Waals surface area (Å²) >= 11 is 0. The maximum Gasteiger partial charge on any atom is -0.00806 e. The van der Waals surface area contributed by atoms with Gasteiger partial charge >= 0.3 is 0 Å². The third kappa shape index (κ3) is 3.46. The molecular formula is C26H28. The average molecular weight is 341 g/mol. The van der Waals surface area contributed by atoms with Gasteiger partial charge < -0.3 is 0 Å². The van der Waals surface area contributed by atoms with Crippen LogP contribution in [0, 0.1) is 6.92 Å². The molecule has 0 radical (unpaired) electrons. The number of hydrogen-bond donors (Lipinski definition) is 0. The number of aryl methyl sites for hydroxylation is 2. The Hall–Kier alpha value is -2.34. The molecule has 4 rings (SSSR count). The lowest BCUT2D eigenvalue weighted by Gasteiger charge is -2.17. The van der Waals surface area contributed by atoms with E-state index >= 15 is 0 Å². The van der Waals surface area contributed by atoms with Crippen LogP contribution in [0.3, 0.4) is 0 Å². The molecule has 3 aromatic carbocycles. The van der Waals surface area contributed by atoms with Gasteiger partial charge in [-0.05, 0) is 71.9 Å².